The van der Waals surface area contributed by atoms with Gasteiger partial charge in [0.15, 0.2) is 0 Å². The normalized spacial score (nSPS) is 41.8. The number of hydrogen-bond acceptors (Lipinski definition) is 6. The highest BCUT2D eigenvalue weighted by Crippen LogP contribution is 2.44. The number of aliphatic hydroxyl groups excluding tert-OH is 1. The fourth-order valence-electron chi connectivity index (χ4n) is 4.14. The molecule has 2 saturated heterocycles. The molecule has 28 heavy (non-hydrogen) atoms. The number of thioether (sulfide) groups is 2. The number of amides is 1. The second kappa shape index (κ2) is 9.77. The first-order valence-electron chi connectivity index (χ1n) is 9.58. The van der Waals surface area contributed by atoms with Crippen LogP contribution in [-0.4, -0.2) is 66.2 Å². The smallest absolute Gasteiger partial charge is 0.316 e. The SMILES string of the molecule is C/C(=N\NC(=O)C1CCC(C(=O)O)S1)C1CSC(C2CCC(Cl)C(Cl)C2)C1O. The van der Waals surface area contributed by atoms with E-state index < -0.39 is 17.3 Å². The zero-order chi connectivity index (χ0) is 20.4. The molecule has 0 radical (unpaired) electrons. The molecule has 0 aromatic heterocycles. The standard InChI is InChI=1S/C18H26Cl2N2O4S2/c1-8(21-22-17(24)13-4-5-14(28-13)18(25)26)10-7-27-16(15(10)23)9-2-3-11(19)12(20)6-9/h9-16,23H,2-7H2,1H3,(H,22,24)(H,25,26)/b21-8+. The van der Waals surface area contributed by atoms with Gasteiger partial charge in [0.1, 0.15) is 5.25 Å². The van der Waals surface area contributed by atoms with Gasteiger partial charge in [-0.15, -0.1) is 35.0 Å². The van der Waals surface area contributed by atoms with Gasteiger partial charge in [0, 0.05) is 28.0 Å². The molecule has 1 saturated carbocycles. The van der Waals surface area contributed by atoms with Gasteiger partial charge in [-0.05, 0) is 44.9 Å². The van der Waals surface area contributed by atoms with Gasteiger partial charge in [0.2, 0.25) is 0 Å². The number of hydrazone groups is 1. The number of halogens is 2. The molecule has 1 aliphatic carbocycles. The zero-order valence-electron chi connectivity index (χ0n) is 15.6. The van der Waals surface area contributed by atoms with Crippen molar-refractivity contribution in [2.75, 3.05) is 5.75 Å². The summed E-state index contributed by atoms with van der Waals surface area (Å²) in [6.45, 7) is 1.82. The Hall–Kier alpha value is -0.150. The van der Waals surface area contributed by atoms with Crippen molar-refractivity contribution in [1.82, 2.24) is 5.43 Å². The Morgan fingerprint density at radius 1 is 1.11 bits per heavy atom. The molecule has 0 aromatic carbocycles. The molecule has 6 nitrogen and oxygen atoms in total. The predicted octanol–water partition coefficient (Wildman–Crippen LogP) is 2.93. The molecule has 3 fully saturated rings. The maximum Gasteiger partial charge on any atom is 0.316 e. The molecule has 3 rings (SSSR count). The third-order valence-corrected chi connectivity index (χ3v) is 10.2. The summed E-state index contributed by atoms with van der Waals surface area (Å²) < 4.78 is 0. The van der Waals surface area contributed by atoms with E-state index >= 15 is 0 Å². The number of hydrogen-bond donors (Lipinski definition) is 3. The first-order valence-corrected chi connectivity index (χ1v) is 12.4. The van der Waals surface area contributed by atoms with Crippen LogP contribution in [0.3, 0.4) is 0 Å². The summed E-state index contributed by atoms with van der Waals surface area (Å²) in [6, 6.07) is 0. The molecule has 0 bridgehead atoms. The number of nitrogens with zero attached hydrogens (tertiary/aromatic N) is 1. The first kappa shape index (κ1) is 22.5. The Morgan fingerprint density at radius 3 is 2.46 bits per heavy atom. The van der Waals surface area contributed by atoms with Crippen LogP contribution in [0.1, 0.15) is 39.0 Å². The second-order valence-corrected chi connectivity index (χ2v) is 11.5. The highest BCUT2D eigenvalue weighted by molar-refractivity contribution is 8.02. The van der Waals surface area contributed by atoms with Gasteiger partial charge >= 0.3 is 5.97 Å². The number of carbonyl (C=O) groups excluding carboxylic acids is 1. The summed E-state index contributed by atoms with van der Waals surface area (Å²) in [5.74, 6) is -0.160. The molecule has 1 amide bonds. The quantitative estimate of drug-likeness (QED) is 0.325. The van der Waals surface area contributed by atoms with E-state index in [1.54, 1.807) is 11.8 Å². The molecular weight excluding hydrogens is 443 g/mol. The highest BCUT2D eigenvalue weighted by atomic mass is 35.5. The molecule has 158 valence electrons. The van der Waals surface area contributed by atoms with Crippen LogP contribution in [0.2, 0.25) is 0 Å². The summed E-state index contributed by atoms with van der Waals surface area (Å²) in [4.78, 5) is 23.3. The van der Waals surface area contributed by atoms with Crippen LogP contribution < -0.4 is 5.43 Å². The number of rotatable bonds is 5. The van der Waals surface area contributed by atoms with Gasteiger partial charge in [0.25, 0.3) is 5.91 Å². The molecular formula is C18H26Cl2N2O4S2. The van der Waals surface area contributed by atoms with Crippen molar-refractivity contribution in [3.05, 3.63) is 0 Å². The molecule has 0 spiro atoms. The summed E-state index contributed by atoms with van der Waals surface area (Å²) >= 11 is 15.5. The van der Waals surface area contributed by atoms with E-state index in [9.17, 15) is 14.7 Å². The number of carboxylic acids is 1. The van der Waals surface area contributed by atoms with E-state index in [1.165, 1.54) is 11.8 Å². The summed E-state index contributed by atoms with van der Waals surface area (Å²) in [5.41, 5.74) is 3.26. The van der Waals surface area contributed by atoms with Gasteiger partial charge < -0.3 is 10.2 Å². The van der Waals surface area contributed by atoms with Crippen molar-refractivity contribution in [2.45, 2.75) is 71.6 Å². The Bertz CT molecular complexity index is 639. The fraction of sp³-hybridized carbons (Fsp3) is 0.833. The molecule has 3 N–H and O–H groups in total. The van der Waals surface area contributed by atoms with Gasteiger partial charge in [-0.2, -0.15) is 16.9 Å². The number of alkyl halides is 2. The van der Waals surface area contributed by atoms with Crippen molar-refractivity contribution in [1.29, 1.82) is 0 Å². The molecule has 8 atom stereocenters. The first-order chi connectivity index (χ1) is 13.3. The van der Waals surface area contributed by atoms with E-state index in [2.05, 4.69) is 10.5 Å². The maximum absolute atomic E-state index is 12.3. The average molecular weight is 469 g/mol. The van der Waals surface area contributed by atoms with Gasteiger partial charge in [-0.25, -0.2) is 5.43 Å². The molecule has 2 aliphatic heterocycles. The van der Waals surface area contributed by atoms with Crippen LogP contribution in [0.4, 0.5) is 0 Å². The van der Waals surface area contributed by atoms with Crippen LogP contribution in [0.5, 0.6) is 0 Å². The van der Waals surface area contributed by atoms with Gasteiger partial charge in [0.05, 0.1) is 16.7 Å². The number of carbonyl (C=O) groups is 2. The van der Waals surface area contributed by atoms with Crippen LogP contribution in [0, 0.1) is 11.8 Å². The monoisotopic (exact) mass is 468 g/mol. The molecule has 8 unspecified atom stereocenters. The van der Waals surface area contributed by atoms with Crippen LogP contribution >= 0.6 is 46.7 Å². The Kier molecular flexibility index (Phi) is 7.86. The average Bonchev–Trinajstić information content (AvgIpc) is 3.29. The molecule has 0 aromatic rings. The molecule has 3 aliphatic rings. The van der Waals surface area contributed by atoms with E-state index in [0.717, 1.165) is 25.0 Å². The van der Waals surface area contributed by atoms with Crippen LogP contribution in [0.15, 0.2) is 5.10 Å². The summed E-state index contributed by atoms with van der Waals surface area (Å²) in [6.07, 6.45) is 3.16. The molecule has 10 heteroatoms. The van der Waals surface area contributed by atoms with Crippen LogP contribution in [0.25, 0.3) is 0 Å². The number of aliphatic hydroxyl groups is 1. The lowest BCUT2D eigenvalue weighted by atomic mass is 9.81. The van der Waals surface area contributed by atoms with Crippen molar-refractivity contribution < 1.29 is 19.8 Å². The topological polar surface area (TPSA) is 99.0 Å². The van der Waals surface area contributed by atoms with E-state index in [4.69, 9.17) is 28.3 Å². The maximum atomic E-state index is 12.3. The number of carboxylic acid groups (broad SMARTS) is 1. The Labute approximate surface area is 183 Å². The Balaban J connectivity index is 1.52. The van der Waals surface area contributed by atoms with Crippen LogP contribution in [-0.2, 0) is 9.59 Å². The van der Waals surface area contributed by atoms with Crippen molar-refractivity contribution >= 4 is 64.3 Å². The minimum absolute atomic E-state index is 0.00459. The largest absolute Gasteiger partial charge is 0.480 e. The van der Waals surface area contributed by atoms with Crippen molar-refractivity contribution in [3.8, 4) is 0 Å². The van der Waals surface area contributed by atoms with Gasteiger partial charge in [-0.1, -0.05) is 0 Å². The number of aliphatic carboxylic acids is 1. The van der Waals surface area contributed by atoms with Gasteiger partial charge in [-0.3, -0.25) is 9.59 Å². The second-order valence-electron chi connectivity index (χ2n) is 7.76. The Morgan fingerprint density at radius 2 is 1.82 bits per heavy atom. The van der Waals surface area contributed by atoms with Crippen molar-refractivity contribution in [2.24, 2.45) is 16.9 Å². The number of nitrogens with one attached hydrogen (secondary N) is 1. The van der Waals surface area contributed by atoms with E-state index in [1.807, 2.05) is 6.92 Å². The lowest BCUT2D eigenvalue weighted by molar-refractivity contribution is -0.136. The highest BCUT2D eigenvalue weighted by Gasteiger charge is 2.44. The zero-order valence-corrected chi connectivity index (χ0v) is 18.7. The lowest BCUT2D eigenvalue weighted by Gasteiger charge is -2.34. The van der Waals surface area contributed by atoms with E-state index in [0.29, 0.717) is 24.5 Å². The minimum atomic E-state index is -0.875. The predicted molar refractivity (Wildman–Crippen MR) is 116 cm³/mol. The third kappa shape index (κ3) is 5.12. The third-order valence-electron chi connectivity index (χ3n) is 5.88. The van der Waals surface area contributed by atoms with E-state index in [-0.39, 0.29) is 33.1 Å². The lowest BCUT2D eigenvalue weighted by Crippen LogP contribution is -2.39. The fourth-order valence-corrected chi connectivity index (χ4v) is 7.73. The minimum Gasteiger partial charge on any atom is -0.480 e. The van der Waals surface area contributed by atoms with Crippen molar-refractivity contribution in [3.63, 3.8) is 0 Å². The summed E-state index contributed by atoms with van der Waals surface area (Å²) in [7, 11) is 0. The summed E-state index contributed by atoms with van der Waals surface area (Å²) in [5, 5.41) is 23.2. The molecule has 2 heterocycles.